The number of nitrogens with zero attached hydrogens (tertiary/aromatic N) is 3. The number of hydrogen-bond acceptors (Lipinski definition) is 3. The second-order valence-electron chi connectivity index (χ2n) is 8.78. The second-order valence-corrected chi connectivity index (χ2v) is 8.78. The lowest BCUT2D eigenvalue weighted by atomic mass is 9.99. The summed E-state index contributed by atoms with van der Waals surface area (Å²) in [6.45, 7) is 14.6. The Balaban J connectivity index is 0.000000850. The van der Waals surface area contributed by atoms with Gasteiger partial charge in [0.25, 0.3) is 0 Å². The fourth-order valence-corrected chi connectivity index (χ4v) is 3.86. The Kier molecular flexibility index (Phi) is 11.7. The molecule has 0 saturated heterocycles. The highest BCUT2D eigenvalue weighted by Gasteiger charge is 2.15. The highest BCUT2D eigenvalue weighted by Crippen LogP contribution is 2.27. The fourth-order valence-electron chi connectivity index (χ4n) is 3.86. The number of rotatable bonds is 6. The number of benzene rings is 1. The van der Waals surface area contributed by atoms with Crippen molar-refractivity contribution in [3.63, 3.8) is 0 Å². The van der Waals surface area contributed by atoms with E-state index >= 15 is 0 Å². The van der Waals surface area contributed by atoms with E-state index in [0.717, 1.165) is 41.8 Å². The molecule has 0 saturated carbocycles. The van der Waals surface area contributed by atoms with Crippen LogP contribution in [0.3, 0.4) is 0 Å². The van der Waals surface area contributed by atoms with Gasteiger partial charge in [0.05, 0.1) is 11.9 Å². The van der Waals surface area contributed by atoms with E-state index in [2.05, 4.69) is 78.1 Å². The minimum Gasteiger partial charge on any atom is -0.366 e. The quantitative estimate of drug-likeness (QED) is 0.297. The van der Waals surface area contributed by atoms with Crippen LogP contribution in [0.4, 0.5) is 5.69 Å². The van der Waals surface area contributed by atoms with Gasteiger partial charge < -0.3 is 15.2 Å². The highest BCUT2D eigenvalue weighted by molar-refractivity contribution is 5.91. The minimum atomic E-state index is -0.395. The van der Waals surface area contributed by atoms with E-state index < -0.39 is 5.91 Å². The molecule has 2 aromatic heterocycles. The molecular weight excluding hydrogens is 444 g/mol. The number of anilines is 1. The summed E-state index contributed by atoms with van der Waals surface area (Å²) in [5.41, 5.74) is 11.8. The van der Waals surface area contributed by atoms with Gasteiger partial charge in [-0.2, -0.15) is 0 Å². The Morgan fingerprint density at radius 2 is 1.78 bits per heavy atom. The Hall–Kier alpha value is -3.60. The molecule has 3 heterocycles. The zero-order valence-electron chi connectivity index (χ0n) is 22.8. The van der Waals surface area contributed by atoms with Crippen LogP contribution in [0, 0.1) is 0 Å². The number of nitrogens with two attached hydrogens (primary N) is 1. The van der Waals surface area contributed by atoms with Crippen LogP contribution in [-0.4, -0.2) is 28.5 Å². The maximum Gasteiger partial charge on any atom is 0.244 e. The summed E-state index contributed by atoms with van der Waals surface area (Å²) >= 11 is 0. The van der Waals surface area contributed by atoms with Crippen molar-refractivity contribution >= 4 is 28.2 Å². The largest absolute Gasteiger partial charge is 0.366 e. The molecule has 0 bridgehead atoms. The van der Waals surface area contributed by atoms with Crippen molar-refractivity contribution in [3.05, 3.63) is 89.8 Å². The Morgan fingerprint density at radius 1 is 1.08 bits per heavy atom. The second kappa shape index (κ2) is 14.7. The molecule has 5 heteroatoms. The van der Waals surface area contributed by atoms with Crippen LogP contribution >= 0.6 is 0 Å². The van der Waals surface area contributed by atoms with Gasteiger partial charge in [-0.15, -0.1) is 0 Å². The average molecular weight is 487 g/mol. The maximum absolute atomic E-state index is 11.2. The zero-order chi connectivity index (χ0) is 26.5. The molecule has 36 heavy (non-hydrogen) atoms. The first-order chi connectivity index (χ1) is 17.4. The summed E-state index contributed by atoms with van der Waals surface area (Å²) in [6, 6.07) is 14.9. The molecule has 0 unspecified atom stereocenters. The topological polar surface area (TPSA) is 64.2 Å². The molecule has 0 atom stereocenters. The first-order valence-corrected chi connectivity index (χ1v) is 13.0. The van der Waals surface area contributed by atoms with Gasteiger partial charge in [0.1, 0.15) is 5.65 Å². The maximum atomic E-state index is 11.2. The summed E-state index contributed by atoms with van der Waals surface area (Å²) in [4.78, 5) is 18.3. The molecule has 1 aliphatic rings. The van der Waals surface area contributed by atoms with Crippen LogP contribution in [-0.2, 0) is 11.3 Å². The van der Waals surface area contributed by atoms with E-state index in [1.807, 2.05) is 33.0 Å². The smallest absolute Gasteiger partial charge is 0.244 e. The SMILES string of the molecule is C/C(=C\C=C(/C)C(N)=O)Cn1ccc2cc(N3CC=C(c4ccccc4)CC3)cnc21.CC.CCC. The zero-order valence-corrected chi connectivity index (χ0v) is 22.8. The Bertz CT molecular complexity index is 1200. The molecule has 4 rings (SSSR count). The molecule has 1 amide bonds. The predicted octanol–water partition coefficient (Wildman–Crippen LogP) is 7.15. The van der Waals surface area contributed by atoms with Gasteiger partial charge in [-0.3, -0.25) is 4.79 Å². The van der Waals surface area contributed by atoms with Gasteiger partial charge in [-0.25, -0.2) is 4.98 Å². The third kappa shape index (κ3) is 7.98. The number of hydrogen-bond donors (Lipinski definition) is 1. The van der Waals surface area contributed by atoms with Crippen LogP contribution in [0.2, 0.25) is 0 Å². The summed E-state index contributed by atoms with van der Waals surface area (Å²) in [5, 5.41) is 1.13. The van der Waals surface area contributed by atoms with Gasteiger partial charge in [0, 0.05) is 36.8 Å². The fraction of sp³-hybridized carbons (Fsp3) is 0.355. The van der Waals surface area contributed by atoms with Gasteiger partial charge in [-0.1, -0.05) is 88.2 Å². The standard InChI is InChI=1S/C26H28N4O.C3H8.C2H6/c1-19(8-9-20(2)25(27)31)18-30-15-12-23-16-24(17-28-26(23)30)29-13-10-22(11-14-29)21-6-4-3-5-7-21;1-3-2;1-2/h3-10,12,15-17H,11,13-14,18H2,1-2H3,(H2,27,31);3H2,1-2H3;1-2H3/b19-8+,20-9+;;. The third-order valence-electron chi connectivity index (χ3n) is 5.73. The molecule has 0 fully saturated rings. The van der Waals surface area contributed by atoms with E-state index in [0.29, 0.717) is 12.1 Å². The van der Waals surface area contributed by atoms with Crippen LogP contribution in [0.15, 0.2) is 84.2 Å². The number of pyridine rings is 1. The van der Waals surface area contributed by atoms with Crippen LogP contribution in [0.1, 0.15) is 59.9 Å². The molecular formula is C31H42N4O. The Morgan fingerprint density at radius 3 is 2.39 bits per heavy atom. The molecule has 192 valence electrons. The van der Waals surface area contributed by atoms with Crippen LogP contribution in [0.5, 0.6) is 0 Å². The number of allylic oxidation sites excluding steroid dienone is 3. The molecule has 5 nitrogen and oxygen atoms in total. The van der Waals surface area contributed by atoms with Gasteiger partial charge in [-0.05, 0) is 43.5 Å². The Labute approximate surface area is 217 Å². The lowest BCUT2D eigenvalue weighted by molar-refractivity contribution is -0.114. The molecule has 2 N–H and O–H groups in total. The first-order valence-electron chi connectivity index (χ1n) is 13.0. The summed E-state index contributed by atoms with van der Waals surface area (Å²) in [5.74, 6) is -0.395. The number of carbonyl (C=O) groups is 1. The van der Waals surface area contributed by atoms with Crippen molar-refractivity contribution in [2.24, 2.45) is 5.73 Å². The highest BCUT2D eigenvalue weighted by atomic mass is 16.1. The first kappa shape index (κ1) is 28.6. The van der Waals surface area contributed by atoms with Crippen molar-refractivity contribution in [2.45, 2.75) is 60.9 Å². The normalized spacial score (nSPS) is 13.8. The molecule has 0 aliphatic carbocycles. The predicted molar refractivity (Wildman–Crippen MR) is 155 cm³/mol. The molecule has 3 aromatic rings. The summed E-state index contributed by atoms with van der Waals surface area (Å²) in [7, 11) is 0. The minimum absolute atomic E-state index is 0.395. The van der Waals surface area contributed by atoms with E-state index in [-0.39, 0.29) is 0 Å². The molecule has 1 aliphatic heterocycles. The monoisotopic (exact) mass is 486 g/mol. The number of fused-ring (bicyclic) bond motifs is 1. The number of aromatic nitrogens is 2. The van der Waals surface area contributed by atoms with Crippen molar-refractivity contribution in [3.8, 4) is 0 Å². The number of primary amides is 1. The molecule has 1 aromatic carbocycles. The van der Waals surface area contributed by atoms with E-state index in [4.69, 9.17) is 10.7 Å². The summed E-state index contributed by atoms with van der Waals surface area (Å²) < 4.78 is 2.13. The molecule has 0 radical (unpaired) electrons. The van der Waals surface area contributed by atoms with Crippen molar-refractivity contribution < 1.29 is 4.79 Å². The van der Waals surface area contributed by atoms with Crippen molar-refractivity contribution in [1.82, 2.24) is 9.55 Å². The van der Waals surface area contributed by atoms with Gasteiger partial charge in [0.2, 0.25) is 5.91 Å². The third-order valence-corrected chi connectivity index (χ3v) is 5.73. The van der Waals surface area contributed by atoms with Crippen LogP contribution in [0.25, 0.3) is 16.6 Å². The van der Waals surface area contributed by atoms with E-state index in [1.165, 1.54) is 17.6 Å². The molecule has 0 spiro atoms. The van der Waals surface area contributed by atoms with Crippen molar-refractivity contribution in [1.29, 1.82) is 0 Å². The van der Waals surface area contributed by atoms with Crippen LogP contribution < -0.4 is 10.6 Å². The lowest BCUT2D eigenvalue weighted by Gasteiger charge is -2.28. The van der Waals surface area contributed by atoms with Gasteiger partial charge >= 0.3 is 0 Å². The number of amides is 1. The summed E-state index contributed by atoms with van der Waals surface area (Å²) in [6.07, 6.45) is 12.3. The van der Waals surface area contributed by atoms with Crippen molar-refractivity contribution in [2.75, 3.05) is 18.0 Å². The van der Waals surface area contributed by atoms with E-state index in [9.17, 15) is 4.79 Å². The number of carbonyl (C=O) groups excluding carboxylic acids is 1. The average Bonchev–Trinajstić information content (AvgIpc) is 3.31. The van der Waals surface area contributed by atoms with Gasteiger partial charge in [0.15, 0.2) is 0 Å². The lowest BCUT2D eigenvalue weighted by Crippen LogP contribution is -2.28. The van der Waals surface area contributed by atoms with E-state index in [1.54, 1.807) is 13.0 Å².